The van der Waals surface area contributed by atoms with Crippen molar-refractivity contribution in [2.75, 3.05) is 52.9 Å². The summed E-state index contributed by atoms with van der Waals surface area (Å²) in [7, 11) is -1.22. The number of hydrogen-bond acceptors (Lipinski definition) is 8. The highest BCUT2D eigenvalue weighted by Crippen LogP contribution is 2.27. The third-order valence-corrected chi connectivity index (χ3v) is 9.73. The monoisotopic (exact) mass is 530 g/mol. The molecule has 0 spiro atoms. The number of ether oxygens (including phenoxy) is 1. The Kier molecular flexibility index (Phi) is 7.25. The number of piperidine rings is 1. The molecule has 3 heterocycles. The SMILES string of the molecule is CN1CCC(S(=O)(=O)N2CCN(C3C=C(NC(=O)C4COC(N)=N4)C(Br)=CC3)CC2)CC1. The lowest BCUT2D eigenvalue weighted by Gasteiger charge is -2.40. The average molecular weight is 531 g/mol. The van der Waals surface area contributed by atoms with Gasteiger partial charge in [-0.2, -0.15) is 4.31 Å². The van der Waals surface area contributed by atoms with Gasteiger partial charge in [-0.1, -0.05) is 6.08 Å². The van der Waals surface area contributed by atoms with Crippen molar-refractivity contribution < 1.29 is 17.9 Å². The molecule has 1 amide bonds. The summed E-state index contributed by atoms with van der Waals surface area (Å²) < 4.78 is 33.7. The molecule has 12 heteroatoms. The van der Waals surface area contributed by atoms with Crippen LogP contribution in [0.15, 0.2) is 27.3 Å². The number of rotatable bonds is 5. The maximum Gasteiger partial charge on any atom is 0.282 e. The predicted molar refractivity (Wildman–Crippen MR) is 126 cm³/mol. The number of carbonyl (C=O) groups excluding carboxylic acids is 1. The van der Waals surface area contributed by atoms with E-state index < -0.39 is 16.1 Å². The highest BCUT2D eigenvalue weighted by molar-refractivity contribution is 9.12. The molecule has 3 aliphatic heterocycles. The summed E-state index contributed by atoms with van der Waals surface area (Å²) in [5.41, 5.74) is 6.18. The Morgan fingerprint density at radius 1 is 1.22 bits per heavy atom. The summed E-state index contributed by atoms with van der Waals surface area (Å²) in [4.78, 5) is 20.9. The number of hydrogen-bond donors (Lipinski definition) is 2. The second kappa shape index (κ2) is 9.80. The number of amidine groups is 1. The first-order valence-corrected chi connectivity index (χ1v) is 13.3. The van der Waals surface area contributed by atoms with Crippen molar-refractivity contribution in [3.8, 4) is 0 Å². The first kappa shape index (κ1) is 23.7. The van der Waals surface area contributed by atoms with Gasteiger partial charge in [0.25, 0.3) is 11.9 Å². The summed E-state index contributed by atoms with van der Waals surface area (Å²) in [5.74, 6) is -0.267. The van der Waals surface area contributed by atoms with Gasteiger partial charge in [0.1, 0.15) is 6.61 Å². The number of likely N-dealkylation sites (tertiary alicyclic amines) is 1. The van der Waals surface area contributed by atoms with Gasteiger partial charge in [-0.25, -0.2) is 13.4 Å². The molecular formula is C20H31BrN6O4S. The van der Waals surface area contributed by atoms with E-state index in [0.717, 1.165) is 24.0 Å². The molecule has 2 unspecified atom stereocenters. The molecule has 0 aromatic heterocycles. The summed E-state index contributed by atoms with van der Waals surface area (Å²) in [6, 6.07) is -0.526. The van der Waals surface area contributed by atoms with Crippen molar-refractivity contribution in [1.29, 1.82) is 0 Å². The van der Waals surface area contributed by atoms with Gasteiger partial charge in [-0.05, 0) is 61.4 Å². The molecule has 0 aromatic rings. The van der Waals surface area contributed by atoms with Crippen LogP contribution in [0.4, 0.5) is 0 Å². The molecule has 10 nitrogen and oxygen atoms in total. The zero-order valence-corrected chi connectivity index (χ0v) is 20.6. The van der Waals surface area contributed by atoms with Crippen molar-refractivity contribution in [3.63, 3.8) is 0 Å². The molecule has 32 heavy (non-hydrogen) atoms. The van der Waals surface area contributed by atoms with Crippen LogP contribution in [-0.4, -0.2) is 105 Å². The van der Waals surface area contributed by atoms with Gasteiger partial charge in [0, 0.05) is 36.7 Å². The number of allylic oxidation sites excluding steroid dienone is 1. The first-order valence-electron chi connectivity index (χ1n) is 11.0. The first-order chi connectivity index (χ1) is 15.2. The Morgan fingerprint density at radius 2 is 1.91 bits per heavy atom. The van der Waals surface area contributed by atoms with E-state index in [0.29, 0.717) is 44.7 Å². The number of nitrogens with one attached hydrogen (secondary N) is 1. The number of halogens is 1. The Bertz CT molecular complexity index is 920. The molecule has 0 radical (unpaired) electrons. The van der Waals surface area contributed by atoms with Crippen LogP contribution in [0, 0.1) is 0 Å². The van der Waals surface area contributed by atoms with Gasteiger partial charge in [0.15, 0.2) is 6.04 Å². The van der Waals surface area contributed by atoms with E-state index in [1.165, 1.54) is 0 Å². The summed E-state index contributed by atoms with van der Waals surface area (Å²) in [6.45, 7) is 4.13. The number of nitrogens with two attached hydrogens (primary N) is 1. The van der Waals surface area contributed by atoms with Crippen LogP contribution in [0.1, 0.15) is 19.3 Å². The van der Waals surface area contributed by atoms with Crippen LogP contribution in [0.25, 0.3) is 0 Å². The van der Waals surface area contributed by atoms with Crippen LogP contribution in [-0.2, 0) is 19.6 Å². The van der Waals surface area contributed by atoms with Crippen molar-refractivity contribution >= 4 is 37.9 Å². The van der Waals surface area contributed by atoms with Gasteiger partial charge >= 0.3 is 0 Å². The van der Waals surface area contributed by atoms with E-state index in [1.54, 1.807) is 4.31 Å². The van der Waals surface area contributed by atoms with Crippen LogP contribution >= 0.6 is 15.9 Å². The minimum absolute atomic E-state index is 0.0309. The molecule has 1 aliphatic carbocycles. The Labute approximate surface area is 197 Å². The molecule has 0 saturated carbocycles. The highest BCUT2D eigenvalue weighted by Gasteiger charge is 2.37. The zero-order chi connectivity index (χ0) is 22.9. The van der Waals surface area contributed by atoms with Crippen molar-refractivity contribution in [2.24, 2.45) is 10.7 Å². The Morgan fingerprint density at radius 3 is 2.53 bits per heavy atom. The molecule has 0 aromatic carbocycles. The standard InChI is InChI=1S/C20H31BrN6O4S/c1-25-6-4-15(5-7-25)32(29,30)27-10-8-26(9-11-27)14-2-3-16(21)17(12-14)23-19(28)18-13-31-20(22)24-18/h3,12,14-15,18H,2,4-11,13H2,1H3,(H2,22,24)(H,23,28). The Balaban J connectivity index is 1.34. The van der Waals surface area contributed by atoms with Gasteiger partial charge < -0.3 is 20.7 Å². The number of piperazine rings is 1. The van der Waals surface area contributed by atoms with E-state index >= 15 is 0 Å². The molecule has 2 atom stereocenters. The average Bonchev–Trinajstić information content (AvgIpc) is 3.22. The minimum Gasteiger partial charge on any atom is -0.463 e. The van der Waals surface area contributed by atoms with Crippen molar-refractivity contribution in [3.05, 3.63) is 22.3 Å². The third-order valence-electron chi connectivity index (χ3n) is 6.58. The maximum atomic E-state index is 13.1. The van der Waals surface area contributed by atoms with Crippen LogP contribution in [0.3, 0.4) is 0 Å². The van der Waals surface area contributed by atoms with E-state index in [1.807, 2.05) is 19.2 Å². The fourth-order valence-corrected chi connectivity index (χ4v) is 6.87. The Hall–Kier alpha value is -1.47. The number of nitrogens with zero attached hydrogens (tertiary/aromatic N) is 4. The lowest BCUT2D eigenvalue weighted by molar-refractivity contribution is -0.121. The lowest BCUT2D eigenvalue weighted by atomic mass is 10.0. The summed E-state index contributed by atoms with van der Waals surface area (Å²) in [5, 5.41) is 2.64. The predicted octanol–water partition coefficient (Wildman–Crippen LogP) is -0.207. The zero-order valence-electron chi connectivity index (χ0n) is 18.2. The highest BCUT2D eigenvalue weighted by atomic mass is 79.9. The summed E-state index contributed by atoms with van der Waals surface area (Å²) in [6.07, 6.45) is 6.25. The van der Waals surface area contributed by atoms with Crippen LogP contribution in [0.2, 0.25) is 0 Å². The molecule has 2 fully saturated rings. The molecule has 3 N–H and O–H groups in total. The van der Waals surface area contributed by atoms with Gasteiger partial charge in [0.05, 0.1) is 10.9 Å². The van der Waals surface area contributed by atoms with Gasteiger partial charge in [0.2, 0.25) is 10.0 Å². The van der Waals surface area contributed by atoms with Crippen LogP contribution < -0.4 is 11.1 Å². The largest absolute Gasteiger partial charge is 0.463 e. The molecular weight excluding hydrogens is 500 g/mol. The van der Waals surface area contributed by atoms with E-state index in [9.17, 15) is 13.2 Å². The molecule has 2 saturated heterocycles. The van der Waals surface area contributed by atoms with Gasteiger partial charge in [-0.15, -0.1) is 0 Å². The van der Waals surface area contributed by atoms with E-state index in [4.69, 9.17) is 10.5 Å². The second-order valence-corrected chi connectivity index (χ2v) is 11.8. The topological polar surface area (TPSA) is 121 Å². The number of carbonyl (C=O) groups is 1. The third kappa shape index (κ3) is 5.19. The van der Waals surface area contributed by atoms with E-state index in [-0.39, 0.29) is 29.8 Å². The number of sulfonamides is 1. The van der Waals surface area contributed by atoms with Crippen molar-refractivity contribution in [1.82, 2.24) is 19.4 Å². The molecule has 178 valence electrons. The molecule has 0 bridgehead atoms. The normalized spacial score (nSPS) is 29.1. The molecule has 4 rings (SSSR count). The maximum absolute atomic E-state index is 13.1. The summed E-state index contributed by atoms with van der Waals surface area (Å²) >= 11 is 3.52. The minimum atomic E-state index is -3.26. The van der Waals surface area contributed by atoms with Crippen LogP contribution in [0.5, 0.6) is 0 Å². The fraction of sp³-hybridized carbons (Fsp3) is 0.700. The second-order valence-electron chi connectivity index (χ2n) is 8.70. The van der Waals surface area contributed by atoms with Gasteiger partial charge in [-0.3, -0.25) is 9.69 Å². The smallest absolute Gasteiger partial charge is 0.282 e. The fourth-order valence-electron chi connectivity index (χ4n) is 4.56. The quantitative estimate of drug-likeness (QED) is 0.504. The molecule has 4 aliphatic rings. The number of aliphatic imine (C=N–C) groups is 1. The van der Waals surface area contributed by atoms with Crippen molar-refractivity contribution in [2.45, 2.75) is 36.6 Å². The lowest BCUT2D eigenvalue weighted by Crippen LogP contribution is -2.54. The van der Waals surface area contributed by atoms with E-state index in [2.05, 4.69) is 36.0 Å². The number of amides is 1.